The zero-order chi connectivity index (χ0) is 13.9. The Balaban J connectivity index is 3.01. The molecule has 0 spiro atoms. The van der Waals surface area contributed by atoms with Gasteiger partial charge in [0.2, 0.25) is 0 Å². The van der Waals surface area contributed by atoms with Gasteiger partial charge in [0, 0.05) is 11.5 Å². The van der Waals surface area contributed by atoms with Crippen LogP contribution < -0.4 is 5.73 Å². The number of halogens is 4. The van der Waals surface area contributed by atoms with E-state index in [1.165, 1.54) is 0 Å². The average molecular weight is 263 g/mol. The fourth-order valence-electron chi connectivity index (χ4n) is 1.56. The van der Waals surface area contributed by atoms with E-state index in [2.05, 4.69) is 0 Å². The number of carbonyl (C=O) groups is 1. The van der Waals surface area contributed by atoms with Crippen molar-refractivity contribution in [3.8, 4) is 0 Å². The quantitative estimate of drug-likeness (QED) is 0.670. The molecule has 2 N–H and O–H groups in total. The lowest BCUT2D eigenvalue weighted by atomic mass is 9.95. The molecule has 0 aliphatic rings. The molecule has 0 aromatic heterocycles. The second kappa shape index (κ2) is 5.48. The molecule has 0 saturated carbocycles. The van der Waals surface area contributed by atoms with E-state index in [1.807, 2.05) is 0 Å². The van der Waals surface area contributed by atoms with Gasteiger partial charge in [0.15, 0.2) is 5.78 Å². The molecule has 0 aliphatic heterocycles. The Kier molecular flexibility index (Phi) is 4.45. The van der Waals surface area contributed by atoms with E-state index < -0.39 is 29.3 Å². The van der Waals surface area contributed by atoms with E-state index in [0.29, 0.717) is 18.6 Å². The van der Waals surface area contributed by atoms with Crippen molar-refractivity contribution in [2.75, 3.05) is 6.54 Å². The van der Waals surface area contributed by atoms with Crippen LogP contribution in [0.25, 0.3) is 0 Å². The fraction of sp³-hybridized carbons (Fsp3) is 0.417. The van der Waals surface area contributed by atoms with Crippen molar-refractivity contribution >= 4 is 5.78 Å². The summed E-state index contributed by atoms with van der Waals surface area (Å²) in [7, 11) is 0. The molecule has 0 saturated heterocycles. The molecule has 0 fully saturated rings. The van der Waals surface area contributed by atoms with Crippen LogP contribution >= 0.6 is 0 Å². The lowest BCUT2D eigenvalue weighted by Gasteiger charge is -2.11. The van der Waals surface area contributed by atoms with Gasteiger partial charge in [-0.2, -0.15) is 13.2 Å². The Labute approximate surface area is 102 Å². The summed E-state index contributed by atoms with van der Waals surface area (Å²) in [6, 6.07) is 2.19. The Hall–Kier alpha value is -1.43. The third kappa shape index (κ3) is 3.29. The molecule has 1 unspecified atom stereocenters. The second-order valence-corrected chi connectivity index (χ2v) is 4.04. The van der Waals surface area contributed by atoms with Crippen LogP contribution in [-0.4, -0.2) is 12.3 Å². The Morgan fingerprint density at radius 3 is 2.44 bits per heavy atom. The van der Waals surface area contributed by atoms with Gasteiger partial charge in [0.25, 0.3) is 0 Å². The topological polar surface area (TPSA) is 43.1 Å². The summed E-state index contributed by atoms with van der Waals surface area (Å²) in [6.45, 7) is 1.89. The lowest BCUT2D eigenvalue weighted by molar-refractivity contribution is -0.140. The summed E-state index contributed by atoms with van der Waals surface area (Å²) in [4.78, 5) is 11.7. The molecule has 0 heterocycles. The van der Waals surface area contributed by atoms with Crippen molar-refractivity contribution < 1.29 is 22.4 Å². The van der Waals surface area contributed by atoms with Crippen molar-refractivity contribution in [3.05, 3.63) is 35.1 Å². The predicted octanol–water partition coefficient (Wildman–Crippen LogP) is 3.01. The van der Waals surface area contributed by atoms with E-state index in [9.17, 15) is 22.4 Å². The zero-order valence-electron chi connectivity index (χ0n) is 9.72. The van der Waals surface area contributed by atoms with Crippen LogP contribution in [0.5, 0.6) is 0 Å². The maximum absolute atomic E-state index is 13.3. The number of alkyl halides is 3. The number of carbonyl (C=O) groups excluding carboxylic acids is 1. The third-order valence-electron chi connectivity index (χ3n) is 2.61. The van der Waals surface area contributed by atoms with Crippen LogP contribution in [0, 0.1) is 11.7 Å². The van der Waals surface area contributed by atoms with Gasteiger partial charge in [-0.25, -0.2) is 4.39 Å². The normalized spacial score (nSPS) is 13.4. The number of hydrogen-bond donors (Lipinski definition) is 1. The average Bonchev–Trinajstić information content (AvgIpc) is 2.26. The van der Waals surface area contributed by atoms with Crippen molar-refractivity contribution in [3.63, 3.8) is 0 Å². The number of ketones is 1. The van der Waals surface area contributed by atoms with Crippen LogP contribution in [0.3, 0.4) is 0 Å². The molecule has 0 amide bonds. The standard InChI is InChI=1S/C12H13F4NO/c1-7(4-5-17)11(18)8-2-3-9(10(13)6-8)12(14,15)16/h2-3,6-7H,4-5,17H2,1H3. The molecule has 6 heteroatoms. The molecule has 1 atom stereocenters. The third-order valence-corrected chi connectivity index (χ3v) is 2.61. The maximum Gasteiger partial charge on any atom is 0.419 e. The minimum Gasteiger partial charge on any atom is -0.330 e. The van der Waals surface area contributed by atoms with Crippen molar-refractivity contribution in [2.45, 2.75) is 19.5 Å². The van der Waals surface area contributed by atoms with E-state index in [1.54, 1.807) is 6.92 Å². The van der Waals surface area contributed by atoms with Crippen LogP contribution in [0.15, 0.2) is 18.2 Å². The van der Waals surface area contributed by atoms with Gasteiger partial charge in [-0.05, 0) is 25.1 Å². The molecular weight excluding hydrogens is 250 g/mol. The first-order valence-electron chi connectivity index (χ1n) is 5.38. The second-order valence-electron chi connectivity index (χ2n) is 4.04. The summed E-state index contributed by atoms with van der Waals surface area (Å²) < 4.78 is 50.2. The minimum atomic E-state index is -4.76. The molecule has 1 aromatic carbocycles. The summed E-state index contributed by atoms with van der Waals surface area (Å²) in [5, 5.41) is 0. The van der Waals surface area contributed by atoms with Crippen molar-refractivity contribution in [1.82, 2.24) is 0 Å². The zero-order valence-corrected chi connectivity index (χ0v) is 9.72. The Morgan fingerprint density at radius 1 is 1.39 bits per heavy atom. The number of rotatable bonds is 4. The molecule has 2 nitrogen and oxygen atoms in total. The number of hydrogen-bond acceptors (Lipinski definition) is 2. The number of nitrogens with two attached hydrogens (primary N) is 1. The maximum atomic E-state index is 13.3. The first-order valence-corrected chi connectivity index (χ1v) is 5.38. The van der Waals surface area contributed by atoms with Gasteiger partial charge in [0.05, 0.1) is 5.56 Å². The molecule has 18 heavy (non-hydrogen) atoms. The highest BCUT2D eigenvalue weighted by atomic mass is 19.4. The van der Waals surface area contributed by atoms with Crippen LogP contribution in [0.4, 0.5) is 17.6 Å². The fourth-order valence-corrected chi connectivity index (χ4v) is 1.56. The molecule has 1 rings (SSSR count). The van der Waals surface area contributed by atoms with Gasteiger partial charge in [-0.15, -0.1) is 0 Å². The first-order chi connectivity index (χ1) is 8.27. The van der Waals surface area contributed by atoms with Gasteiger partial charge >= 0.3 is 6.18 Å². The molecule has 0 radical (unpaired) electrons. The van der Waals surface area contributed by atoms with E-state index in [4.69, 9.17) is 5.73 Å². The lowest BCUT2D eigenvalue weighted by Crippen LogP contribution is -2.16. The van der Waals surface area contributed by atoms with Gasteiger partial charge in [-0.1, -0.05) is 13.0 Å². The molecule has 0 aliphatic carbocycles. The van der Waals surface area contributed by atoms with Crippen molar-refractivity contribution in [2.24, 2.45) is 11.7 Å². The molecule has 0 bridgehead atoms. The van der Waals surface area contributed by atoms with Crippen LogP contribution in [0.2, 0.25) is 0 Å². The summed E-state index contributed by atoms with van der Waals surface area (Å²) in [5.41, 5.74) is 3.84. The number of benzene rings is 1. The highest BCUT2D eigenvalue weighted by Crippen LogP contribution is 2.31. The highest BCUT2D eigenvalue weighted by Gasteiger charge is 2.34. The van der Waals surface area contributed by atoms with E-state index in [0.717, 1.165) is 6.07 Å². The highest BCUT2D eigenvalue weighted by molar-refractivity contribution is 5.97. The van der Waals surface area contributed by atoms with Gasteiger partial charge in [0.1, 0.15) is 5.82 Å². The van der Waals surface area contributed by atoms with E-state index in [-0.39, 0.29) is 12.1 Å². The number of Topliss-reactive ketones (excluding diaryl/α,β-unsaturated/α-hetero) is 1. The van der Waals surface area contributed by atoms with Crippen molar-refractivity contribution in [1.29, 1.82) is 0 Å². The summed E-state index contributed by atoms with van der Waals surface area (Å²) in [6.07, 6.45) is -4.35. The Bertz CT molecular complexity index is 442. The SMILES string of the molecule is CC(CCN)C(=O)c1ccc(C(F)(F)F)c(F)c1. The molecule has 1 aromatic rings. The van der Waals surface area contributed by atoms with Gasteiger partial charge in [-0.3, -0.25) is 4.79 Å². The Morgan fingerprint density at radius 2 is 2.00 bits per heavy atom. The van der Waals surface area contributed by atoms with E-state index >= 15 is 0 Å². The molecular formula is C12H13F4NO. The monoisotopic (exact) mass is 263 g/mol. The molecule has 100 valence electrons. The largest absolute Gasteiger partial charge is 0.419 e. The smallest absolute Gasteiger partial charge is 0.330 e. The first kappa shape index (κ1) is 14.6. The van der Waals surface area contributed by atoms with Crippen LogP contribution in [-0.2, 0) is 6.18 Å². The van der Waals surface area contributed by atoms with Crippen LogP contribution in [0.1, 0.15) is 29.3 Å². The summed E-state index contributed by atoms with van der Waals surface area (Å²) >= 11 is 0. The summed E-state index contributed by atoms with van der Waals surface area (Å²) in [5.74, 6) is -2.28. The minimum absolute atomic E-state index is 0.0681. The van der Waals surface area contributed by atoms with Gasteiger partial charge < -0.3 is 5.73 Å². The predicted molar refractivity (Wildman–Crippen MR) is 58.6 cm³/mol.